The Labute approximate surface area is 115 Å². The summed E-state index contributed by atoms with van der Waals surface area (Å²) in [5, 5.41) is 4.20. The molecule has 0 aromatic heterocycles. The fraction of sp³-hybridized carbons (Fsp3) is 0.600. The molecule has 0 saturated heterocycles. The van der Waals surface area contributed by atoms with Gasteiger partial charge in [-0.1, -0.05) is 32.4 Å². The van der Waals surface area contributed by atoms with E-state index in [0.717, 1.165) is 30.2 Å². The molecule has 3 heteroatoms. The molecule has 1 atom stereocenters. The lowest BCUT2D eigenvalue weighted by molar-refractivity contribution is 0.307. The summed E-state index contributed by atoms with van der Waals surface area (Å²) < 4.78 is 5.78. The van der Waals surface area contributed by atoms with Crippen LogP contribution in [0, 0.1) is 5.41 Å². The van der Waals surface area contributed by atoms with Crippen LogP contribution in [-0.4, -0.2) is 13.7 Å². The van der Waals surface area contributed by atoms with E-state index >= 15 is 0 Å². The third-order valence-electron chi connectivity index (χ3n) is 3.32. The minimum absolute atomic E-state index is 0.265. The van der Waals surface area contributed by atoms with Crippen molar-refractivity contribution >= 4 is 11.6 Å². The van der Waals surface area contributed by atoms with Gasteiger partial charge in [0.15, 0.2) is 0 Å². The van der Waals surface area contributed by atoms with E-state index in [2.05, 4.69) is 26.1 Å². The van der Waals surface area contributed by atoms with E-state index in [0.29, 0.717) is 0 Å². The monoisotopic (exact) mass is 267 g/mol. The molecule has 1 aliphatic heterocycles. The van der Waals surface area contributed by atoms with Crippen LogP contribution in [0.5, 0.6) is 5.75 Å². The maximum atomic E-state index is 6.22. The highest BCUT2D eigenvalue weighted by atomic mass is 35.5. The number of nitrogens with one attached hydrogen (secondary N) is 1. The van der Waals surface area contributed by atoms with Gasteiger partial charge in [-0.15, -0.1) is 0 Å². The molecule has 0 aliphatic carbocycles. The molecule has 1 unspecified atom stereocenters. The fourth-order valence-corrected chi connectivity index (χ4v) is 2.79. The van der Waals surface area contributed by atoms with Gasteiger partial charge < -0.3 is 10.1 Å². The van der Waals surface area contributed by atoms with Gasteiger partial charge in [0, 0.05) is 23.0 Å². The molecule has 100 valence electrons. The molecule has 0 amide bonds. The average Bonchev–Trinajstić information content (AvgIpc) is 2.71. The number of hydrogen-bond acceptors (Lipinski definition) is 2. The molecule has 1 aromatic rings. The minimum Gasteiger partial charge on any atom is -0.493 e. The first kappa shape index (κ1) is 13.7. The molecule has 2 rings (SSSR count). The Morgan fingerprint density at radius 2 is 2.11 bits per heavy atom. The van der Waals surface area contributed by atoms with Gasteiger partial charge in [-0.2, -0.15) is 0 Å². The molecular formula is C15H22ClNO. The number of rotatable bonds is 3. The SMILES string of the molecule is CNC(CC(C)(C)C)c1cc(Cl)cc2c1OCC2. The van der Waals surface area contributed by atoms with Crippen LogP contribution in [0.25, 0.3) is 0 Å². The second-order valence-electron chi connectivity index (χ2n) is 6.19. The molecule has 0 fully saturated rings. The van der Waals surface area contributed by atoms with E-state index in [-0.39, 0.29) is 11.5 Å². The zero-order chi connectivity index (χ0) is 13.3. The van der Waals surface area contributed by atoms with E-state index in [4.69, 9.17) is 16.3 Å². The summed E-state index contributed by atoms with van der Waals surface area (Å²) >= 11 is 6.22. The van der Waals surface area contributed by atoms with Crippen molar-refractivity contribution in [1.82, 2.24) is 5.32 Å². The maximum absolute atomic E-state index is 6.22. The van der Waals surface area contributed by atoms with Crippen molar-refractivity contribution < 1.29 is 4.74 Å². The summed E-state index contributed by atoms with van der Waals surface area (Å²) in [7, 11) is 2.00. The summed E-state index contributed by atoms with van der Waals surface area (Å²) in [6, 6.07) is 4.35. The zero-order valence-corrected chi connectivity index (χ0v) is 12.4. The van der Waals surface area contributed by atoms with Crippen LogP contribution in [0.15, 0.2) is 12.1 Å². The zero-order valence-electron chi connectivity index (χ0n) is 11.6. The molecule has 0 saturated carbocycles. The topological polar surface area (TPSA) is 21.3 Å². The molecule has 18 heavy (non-hydrogen) atoms. The smallest absolute Gasteiger partial charge is 0.127 e. The van der Waals surface area contributed by atoms with E-state index in [1.807, 2.05) is 19.2 Å². The van der Waals surface area contributed by atoms with Crippen molar-refractivity contribution in [3.05, 3.63) is 28.3 Å². The standard InChI is InChI=1S/C15H22ClNO/c1-15(2,3)9-13(17-4)12-8-11(16)7-10-5-6-18-14(10)12/h7-8,13,17H,5-6,9H2,1-4H3. The Hall–Kier alpha value is -0.730. The second-order valence-corrected chi connectivity index (χ2v) is 6.62. The molecule has 1 aromatic carbocycles. The highest BCUT2D eigenvalue weighted by molar-refractivity contribution is 6.30. The van der Waals surface area contributed by atoms with Gasteiger partial charge in [-0.3, -0.25) is 0 Å². The minimum atomic E-state index is 0.265. The Morgan fingerprint density at radius 1 is 1.39 bits per heavy atom. The molecule has 0 spiro atoms. The number of ether oxygens (including phenoxy) is 1. The van der Waals surface area contributed by atoms with E-state index < -0.39 is 0 Å². The molecular weight excluding hydrogens is 246 g/mol. The second kappa shape index (κ2) is 5.10. The van der Waals surface area contributed by atoms with Gasteiger partial charge in [0.25, 0.3) is 0 Å². The first-order valence-electron chi connectivity index (χ1n) is 6.53. The van der Waals surface area contributed by atoms with Crippen molar-refractivity contribution in [2.24, 2.45) is 5.41 Å². The molecule has 0 radical (unpaired) electrons. The number of halogens is 1. The van der Waals surface area contributed by atoms with Gasteiger partial charge in [0.2, 0.25) is 0 Å². The Bertz CT molecular complexity index is 437. The first-order chi connectivity index (χ1) is 8.40. The van der Waals surface area contributed by atoms with Crippen molar-refractivity contribution in [2.45, 2.75) is 39.7 Å². The third-order valence-corrected chi connectivity index (χ3v) is 3.54. The Balaban J connectivity index is 2.36. The van der Waals surface area contributed by atoms with Gasteiger partial charge in [0.1, 0.15) is 5.75 Å². The van der Waals surface area contributed by atoms with Crippen molar-refractivity contribution in [1.29, 1.82) is 0 Å². The van der Waals surface area contributed by atoms with E-state index in [1.165, 1.54) is 11.1 Å². The summed E-state index contributed by atoms with van der Waals surface area (Å²) in [5.74, 6) is 1.04. The normalized spacial score (nSPS) is 16.3. The third kappa shape index (κ3) is 2.99. The van der Waals surface area contributed by atoms with Gasteiger partial charge in [0.05, 0.1) is 6.61 Å². The first-order valence-corrected chi connectivity index (χ1v) is 6.91. The Morgan fingerprint density at radius 3 is 2.72 bits per heavy atom. The van der Waals surface area contributed by atoms with Gasteiger partial charge in [-0.25, -0.2) is 0 Å². The van der Waals surface area contributed by atoms with Crippen molar-refractivity contribution in [3.8, 4) is 5.75 Å². The van der Waals surface area contributed by atoms with E-state index in [9.17, 15) is 0 Å². The maximum Gasteiger partial charge on any atom is 0.127 e. The predicted octanol–water partition coefficient (Wildman–Crippen LogP) is 3.97. The number of hydrogen-bond donors (Lipinski definition) is 1. The highest BCUT2D eigenvalue weighted by Gasteiger charge is 2.25. The fourth-order valence-electron chi connectivity index (χ4n) is 2.54. The van der Waals surface area contributed by atoms with Crippen molar-refractivity contribution in [3.63, 3.8) is 0 Å². The van der Waals surface area contributed by atoms with Gasteiger partial charge >= 0.3 is 0 Å². The van der Waals surface area contributed by atoms with Crippen LogP contribution in [-0.2, 0) is 6.42 Å². The number of benzene rings is 1. The lowest BCUT2D eigenvalue weighted by Gasteiger charge is -2.27. The van der Waals surface area contributed by atoms with Crippen LogP contribution in [0.4, 0.5) is 0 Å². The van der Waals surface area contributed by atoms with E-state index in [1.54, 1.807) is 0 Å². The van der Waals surface area contributed by atoms with Crippen LogP contribution >= 0.6 is 11.6 Å². The highest BCUT2D eigenvalue weighted by Crippen LogP contribution is 2.39. The number of fused-ring (bicyclic) bond motifs is 1. The van der Waals surface area contributed by atoms with Gasteiger partial charge in [-0.05, 0) is 36.6 Å². The largest absolute Gasteiger partial charge is 0.493 e. The summed E-state index contributed by atoms with van der Waals surface area (Å²) in [5.41, 5.74) is 2.71. The molecule has 1 aliphatic rings. The van der Waals surface area contributed by atoms with Crippen molar-refractivity contribution in [2.75, 3.05) is 13.7 Å². The Kier molecular flexibility index (Phi) is 3.88. The quantitative estimate of drug-likeness (QED) is 0.895. The average molecular weight is 268 g/mol. The van der Waals surface area contributed by atoms with Crippen LogP contribution in [0.1, 0.15) is 44.4 Å². The van der Waals surface area contributed by atoms with Crippen LogP contribution < -0.4 is 10.1 Å². The lowest BCUT2D eigenvalue weighted by atomic mass is 9.85. The molecule has 1 N–H and O–H groups in total. The van der Waals surface area contributed by atoms with Crippen LogP contribution in [0.3, 0.4) is 0 Å². The summed E-state index contributed by atoms with van der Waals surface area (Å²) in [6.45, 7) is 7.53. The predicted molar refractivity (Wildman–Crippen MR) is 76.5 cm³/mol. The molecule has 0 bridgehead atoms. The molecule has 2 nitrogen and oxygen atoms in total. The summed E-state index contributed by atoms with van der Waals surface area (Å²) in [4.78, 5) is 0. The summed E-state index contributed by atoms with van der Waals surface area (Å²) in [6.07, 6.45) is 2.02. The lowest BCUT2D eigenvalue weighted by Crippen LogP contribution is -2.23. The molecule has 1 heterocycles. The van der Waals surface area contributed by atoms with Crippen LogP contribution in [0.2, 0.25) is 5.02 Å².